The summed E-state index contributed by atoms with van der Waals surface area (Å²) in [5.41, 5.74) is 1.00. The van der Waals surface area contributed by atoms with Gasteiger partial charge in [0.15, 0.2) is 0 Å². The lowest BCUT2D eigenvalue weighted by Gasteiger charge is -2.35. The van der Waals surface area contributed by atoms with E-state index in [1.54, 1.807) is 0 Å². The van der Waals surface area contributed by atoms with Crippen LogP contribution in [0.15, 0.2) is 24.3 Å². The molecule has 19 heavy (non-hydrogen) atoms. The largest absolute Gasteiger partial charge is 0.339 e. The summed E-state index contributed by atoms with van der Waals surface area (Å²) >= 11 is 9.44. The van der Waals surface area contributed by atoms with E-state index in [9.17, 15) is 4.79 Å². The molecule has 0 bridgehead atoms. The van der Waals surface area contributed by atoms with Crippen LogP contribution in [0.4, 0.5) is 0 Å². The number of halogens is 2. The van der Waals surface area contributed by atoms with Crippen molar-refractivity contribution >= 4 is 33.4 Å². The fourth-order valence-corrected chi connectivity index (χ4v) is 3.42. The average Bonchev–Trinajstić information content (AvgIpc) is 2.39. The maximum Gasteiger partial charge on any atom is 0.227 e. The van der Waals surface area contributed by atoms with Crippen LogP contribution in [0.25, 0.3) is 0 Å². The van der Waals surface area contributed by atoms with E-state index in [4.69, 9.17) is 11.6 Å². The Bertz CT molecular complexity index is 436. The summed E-state index contributed by atoms with van der Waals surface area (Å²) in [4.78, 5) is 14.5. The van der Waals surface area contributed by atoms with Crippen molar-refractivity contribution in [3.63, 3.8) is 0 Å². The minimum absolute atomic E-state index is 0.230. The van der Waals surface area contributed by atoms with Gasteiger partial charge in [-0.3, -0.25) is 4.79 Å². The molecule has 1 aliphatic rings. The molecule has 1 heterocycles. The number of hydrogen-bond acceptors (Lipinski definition) is 1. The Balaban J connectivity index is 2.01. The quantitative estimate of drug-likeness (QED) is 0.755. The van der Waals surface area contributed by atoms with E-state index in [1.165, 1.54) is 6.42 Å². The van der Waals surface area contributed by atoms with E-state index in [-0.39, 0.29) is 5.91 Å². The second-order valence-electron chi connectivity index (χ2n) is 5.02. The van der Waals surface area contributed by atoms with E-state index in [2.05, 4.69) is 20.8 Å². The number of carbonyl (C=O) groups excluding carboxylic acids is 1. The van der Waals surface area contributed by atoms with E-state index in [1.807, 2.05) is 24.3 Å². The molecule has 0 aromatic heterocycles. The smallest absolute Gasteiger partial charge is 0.227 e. The van der Waals surface area contributed by atoms with Crippen LogP contribution in [-0.4, -0.2) is 28.7 Å². The van der Waals surface area contributed by atoms with Crippen LogP contribution in [-0.2, 0) is 11.2 Å². The highest BCUT2D eigenvalue weighted by Gasteiger charge is 2.25. The first kappa shape index (κ1) is 14.9. The van der Waals surface area contributed by atoms with Crippen LogP contribution >= 0.6 is 27.5 Å². The summed E-state index contributed by atoms with van der Waals surface area (Å²) in [7, 11) is 0. The van der Waals surface area contributed by atoms with Gasteiger partial charge in [-0.15, -0.1) is 0 Å². The summed E-state index contributed by atoms with van der Waals surface area (Å²) < 4.78 is 0. The second kappa shape index (κ2) is 7.30. The zero-order valence-corrected chi connectivity index (χ0v) is 13.3. The third-order valence-electron chi connectivity index (χ3n) is 3.63. The Morgan fingerprint density at radius 3 is 3.00 bits per heavy atom. The first-order chi connectivity index (χ1) is 9.20. The Labute approximate surface area is 128 Å². The molecule has 0 radical (unpaired) electrons. The van der Waals surface area contributed by atoms with Gasteiger partial charge in [0.25, 0.3) is 0 Å². The summed E-state index contributed by atoms with van der Waals surface area (Å²) in [6, 6.07) is 7.98. The third kappa shape index (κ3) is 4.22. The van der Waals surface area contributed by atoms with E-state index < -0.39 is 0 Å². The Kier molecular flexibility index (Phi) is 5.71. The fourth-order valence-electron chi connectivity index (χ4n) is 2.68. The molecule has 1 atom stereocenters. The number of piperidine rings is 1. The minimum Gasteiger partial charge on any atom is -0.339 e. The monoisotopic (exact) mass is 343 g/mol. The second-order valence-corrected chi connectivity index (χ2v) is 6.25. The van der Waals surface area contributed by atoms with Crippen molar-refractivity contribution in [3.8, 4) is 0 Å². The van der Waals surface area contributed by atoms with Crippen molar-refractivity contribution in [2.45, 2.75) is 38.1 Å². The molecule has 104 valence electrons. The number of rotatable bonds is 4. The van der Waals surface area contributed by atoms with Gasteiger partial charge in [0.1, 0.15) is 0 Å². The predicted octanol–water partition coefficient (Wildman–Crippen LogP) is 4.05. The molecule has 1 aromatic carbocycles. The van der Waals surface area contributed by atoms with Gasteiger partial charge in [0, 0.05) is 22.9 Å². The average molecular weight is 345 g/mol. The standard InChI is InChI=1S/C15H19BrClNO/c16-8-7-14-6-1-2-9-18(14)15(19)11-12-4-3-5-13(17)10-12/h3-5,10,14H,1-2,6-9,11H2. The SMILES string of the molecule is O=C(Cc1cccc(Cl)c1)N1CCCCC1CCBr. The first-order valence-electron chi connectivity index (χ1n) is 6.80. The fraction of sp³-hybridized carbons (Fsp3) is 0.533. The number of alkyl halides is 1. The van der Waals surface area contributed by atoms with E-state index in [0.29, 0.717) is 17.5 Å². The molecule has 2 nitrogen and oxygen atoms in total. The molecule has 1 amide bonds. The molecule has 0 spiro atoms. The molecular weight excluding hydrogens is 326 g/mol. The van der Waals surface area contributed by atoms with Gasteiger partial charge in [-0.2, -0.15) is 0 Å². The minimum atomic E-state index is 0.230. The summed E-state index contributed by atoms with van der Waals surface area (Å²) in [6.45, 7) is 0.900. The highest BCUT2D eigenvalue weighted by atomic mass is 79.9. The summed E-state index contributed by atoms with van der Waals surface area (Å²) in [5.74, 6) is 0.230. The van der Waals surface area contributed by atoms with Crippen molar-refractivity contribution in [1.82, 2.24) is 4.90 Å². The number of nitrogens with zero attached hydrogens (tertiary/aromatic N) is 1. The van der Waals surface area contributed by atoms with Crippen molar-refractivity contribution in [3.05, 3.63) is 34.9 Å². The molecule has 1 saturated heterocycles. The van der Waals surface area contributed by atoms with Crippen molar-refractivity contribution in [2.75, 3.05) is 11.9 Å². The van der Waals surface area contributed by atoms with Crippen molar-refractivity contribution < 1.29 is 4.79 Å². The Hall–Kier alpha value is -0.540. The molecule has 1 aliphatic heterocycles. The number of amides is 1. The Morgan fingerprint density at radius 1 is 1.42 bits per heavy atom. The molecular formula is C15H19BrClNO. The highest BCUT2D eigenvalue weighted by Crippen LogP contribution is 2.22. The lowest BCUT2D eigenvalue weighted by Crippen LogP contribution is -2.44. The van der Waals surface area contributed by atoms with Gasteiger partial charge in [-0.1, -0.05) is 39.7 Å². The Morgan fingerprint density at radius 2 is 2.26 bits per heavy atom. The zero-order valence-electron chi connectivity index (χ0n) is 10.9. The van der Waals surface area contributed by atoms with Crippen LogP contribution in [0.1, 0.15) is 31.2 Å². The van der Waals surface area contributed by atoms with Gasteiger partial charge in [0.2, 0.25) is 5.91 Å². The first-order valence-corrected chi connectivity index (χ1v) is 8.30. The molecule has 1 unspecified atom stereocenters. The summed E-state index contributed by atoms with van der Waals surface area (Å²) in [6.07, 6.45) is 4.99. The molecule has 1 fully saturated rings. The maximum absolute atomic E-state index is 12.4. The predicted molar refractivity (Wildman–Crippen MR) is 82.9 cm³/mol. The van der Waals surface area contributed by atoms with Crippen molar-refractivity contribution in [2.24, 2.45) is 0 Å². The number of benzene rings is 1. The van der Waals surface area contributed by atoms with E-state index in [0.717, 1.165) is 36.7 Å². The molecule has 4 heteroatoms. The molecule has 2 rings (SSSR count). The molecule has 0 N–H and O–H groups in total. The van der Waals surface area contributed by atoms with E-state index >= 15 is 0 Å². The van der Waals surface area contributed by atoms with Gasteiger partial charge < -0.3 is 4.90 Å². The van der Waals surface area contributed by atoms with Crippen LogP contribution < -0.4 is 0 Å². The lowest BCUT2D eigenvalue weighted by atomic mass is 9.99. The van der Waals surface area contributed by atoms with Crippen LogP contribution in [0.3, 0.4) is 0 Å². The van der Waals surface area contributed by atoms with Crippen molar-refractivity contribution in [1.29, 1.82) is 0 Å². The number of likely N-dealkylation sites (tertiary alicyclic amines) is 1. The highest BCUT2D eigenvalue weighted by molar-refractivity contribution is 9.09. The zero-order chi connectivity index (χ0) is 13.7. The van der Waals surface area contributed by atoms with Gasteiger partial charge >= 0.3 is 0 Å². The van der Waals surface area contributed by atoms with Gasteiger partial charge in [0.05, 0.1) is 6.42 Å². The topological polar surface area (TPSA) is 20.3 Å². The number of carbonyl (C=O) groups is 1. The van der Waals surface area contributed by atoms with Gasteiger partial charge in [-0.05, 0) is 43.4 Å². The molecule has 0 aliphatic carbocycles. The molecule has 0 saturated carbocycles. The van der Waals surface area contributed by atoms with Crippen LogP contribution in [0.5, 0.6) is 0 Å². The van der Waals surface area contributed by atoms with Gasteiger partial charge in [-0.25, -0.2) is 0 Å². The lowest BCUT2D eigenvalue weighted by molar-refractivity contribution is -0.134. The summed E-state index contributed by atoms with van der Waals surface area (Å²) in [5, 5.41) is 1.65. The molecule has 1 aromatic rings. The third-order valence-corrected chi connectivity index (χ3v) is 4.33. The normalized spacial score (nSPS) is 19.5. The van der Waals surface area contributed by atoms with Crippen LogP contribution in [0, 0.1) is 0 Å². The number of hydrogen-bond donors (Lipinski definition) is 0. The maximum atomic E-state index is 12.4. The van der Waals surface area contributed by atoms with Crippen LogP contribution in [0.2, 0.25) is 5.02 Å².